The van der Waals surface area contributed by atoms with Gasteiger partial charge in [-0.2, -0.15) is 0 Å². The molecule has 1 aromatic heterocycles. The summed E-state index contributed by atoms with van der Waals surface area (Å²) >= 11 is 0. The van der Waals surface area contributed by atoms with E-state index in [1.54, 1.807) is 0 Å². The highest BCUT2D eigenvalue weighted by Crippen LogP contribution is 2.32. The molecule has 3 saturated heterocycles. The van der Waals surface area contributed by atoms with E-state index in [1.807, 2.05) is 17.2 Å². The number of benzene rings is 1. The van der Waals surface area contributed by atoms with Gasteiger partial charge in [0.25, 0.3) is 0 Å². The van der Waals surface area contributed by atoms with Gasteiger partial charge < -0.3 is 14.5 Å². The summed E-state index contributed by atoms with van der Waals surface area (Å²) in [5.41, 5.74) is 4.65. The first-order valence-electron chi connectivity index (χ1n) is 13.4. The third kappa shape index (κ3) is 5.24. The van der Waals surface area contributed by atoms with Crippen molar-refractivity contribution in [3.05, 3.63) is 53.9 Å². The fourth-order valence-corrected chi connectivity index (χ4v) is 6.06. The molecule has 0 spiro atoms. The maximum Gasteiger partial charge on any atom is 0.230 e. The Morgan fingerprint density at radius 2 is 1.71 bits per heavy atom. The molecule has 6 nitrogen and oxygen atoms in total. The highest BCUT2D eigenvalue weighted by molar-refractivity contribution is 5.96. The number of hydrogen-bond acceptors (Lipinski definition) is 5. The van der Waals surface area contributed by atoms with Crippen LogP contribution < -0.4 is 9.80 Å². The van der Waals surface area contributed by atoms with Crippen LogP contribution in [0.1, 0.15) is 56.7 Å². The number of ether oxygens (including phenoxy) is 1. The Hall–Kier alpha value is -2.44. The van der Waals surface area contributed by atoms with E-state index >= 15 is 0 Å². The molecule has 3 atom stereocenters. The Balaban J connectivity index is 1.29. The first kappa shape index (κ1) is 24.3. The maximum atomic E-state index is 13.6. The molecular weight excluding hydrogens is 436 g/mol. The number of piperazine rings is 1. The van der Waals surface area contributed by atoms with Crippen molar-refractivity contribution in [1.29, 1.82) is 0 Å². The number of carbonyl (C=O) groups excluding carboxylic acids is 1. The quantitative estimate of drug-likeness (QED) is 0.636. The summed E-state index contributed by atoms with van der Waals surface area (Å²) in [6.07, 6.45) is 6.72. The molecule has 0 N–H and O–H groups in total. The van der Waals surface area contributed by atoms with Crippen LogP contribution in [-0.2, 0) is 16.0 Å². The lowest BCUT2D eigenvalue weighted by molar-refractivity contribution is -0.123. The zero-order valence-corrected chi connectivity index (χ0v) is 21.5. The van der Waals surface area contributed by atoms with Gasteiger partial charge in [0.1, 0.15) is 0 Å². The molecule has 3 aliphatic heterocycles. The normalized spacial score (nSPS) is 26.8. The number of anilines is 2. The molecule has 4 heterocycles. The lowest BCUT2D eigenvalue weighted by atomic mass is 9.90. The molecule has 0 saturated carbocycles. The summed E-state index contributed by atoms with van der Waals surface area (Å²) in [5, 5.41) is 0. The second-order valence-electron chi connectivity index (χ2n) is 10.7. The van der Waals surface area contributed by atoms with E-state index in [-0.39, 0.29) is 11.8 Å². The predicted octanol–water partition coefficient (Wildman–Crippen LogP) is 4.49. The van der Waals surface area contributed by atoms with Gasteiger partial charge in [0.15, 0.2) is 0 Å². The summed E-state index contributed by atoms with van der Waals surface area (Å²) in [6, 6.07) is 13.9. The molecule has 3 aliphatic rings. The van der Waals surface area contributed by atoms with Crippen molar-refractivity contribution in [1.82, 2.24) is 9.88 Å². The van der Waals surface area contributed by atoms with Crippen molar-refractivity contribution in [2.45, 2.75) is 64.0 Å². The molecule has 0 bridgehead atoms. The number of carbonyl (C=O) groups is 1. The van der Waals surface area contributed by atoms with Crippen LogP contribution in [0.25, 0.3) is 0 Å². The fraction of sp³-hybridized carbons (Fsp3) is 0.586. The third-order valence-corrected chi connectivity index (χ3v) is 8.45. The fourth-order valence-electron chi connectivity index (χ4n) is 6.06. The van der Waals surface area contributed by atoms with Crippen LogP contribution in [0.2, 0.25) is 0 Å². The number of rotatable bonds is 5. The number of amides is 1. The number of pyridine rings is 1. The van der Waals surface area contributed by atoms with Crippen LogP contribution >= 0.6 is 0 Å². The van der Waals surface area contributed by atoms with Gasteiger partial charge >= 0.3 is 0 Å². The molecule has 6 heteroatoms. The van der Waals surface area contributed by atoms with Gasteiger partial charge in [-0.3, -0.25) is 14.7 Å². The standard InChI is InChI=1S/C29H40N4O2/c1-21-19-32(20-22(2)31(21)3)28-7-4-14-30-27(28)18-25-6-5-15-33(29(25)34)26-10-8-23(9-11-26)24-12-16-35-17-13-24/h4,7-11,14,21-22,24-25H,5-6,12-13,15-20H2,1-3H3/t21?,22?,25-/m1/s1. The van der Waals surface area contributed by atoms with Gasteiger partial charge in [0.2, 0.25) is 5.91 Å². The highest BCUT2D eigenvalue weighted by atomic mass is 16.5. The molecule has 3 fully saturated rings. The van der Waals surface area contributed by atoms with Gasteiger partial charge in [-0.1, -0.05) is 12.1 Å². The third-order valence-electron chi connectivity index (χ3n) is 8.45. The molecule has 0 aliphatic carbocycles. The second-order valence-corrected chi connectivity index (χ2v) is 10.7. The molecule has 0 radical (unpaired) electrons. The van der Waals surface area contributed by atoms with E-state index in [0.29, 0.717) is 24.4 Å². The number of likely N-dealkylation sites (N-methyl/N-ethyl adjacent to an activating group) is 1. The molecule has 1 amide bonds. The van der Waals surface area contributed by atoms with E-state index in [9.17, 15) is 4.79 Å². The van der Waals surface area contributed by atoms with Crippen molar-refractivity contribution < 1.29 is 9.53 Å². The lowest BCUT2D eigenvalue weighted by Crippen LogP contribution is -2.55. The van der Waals surface area contributed by atoms with E-state index < -0.39 is 0 Å². The monoisotopic (exact) mass is 476 g/mol. The van der Waals surface area contributed by atoms with Gasteiger partial charge in [-0.25, -0.2) is 0 Å². The SMILES string of the molecule is CC1CN(c2cccnc2C[C@H]2CCCN(c3ccc(C4CCOCC4)cc3)C2=O)CC(C)N1C. The molecule has 5 rings (SSSR count). The Morgan fingerprint density at radius 1 is 1.00 bits per heavy atom. The largest absolute Gasteiger partial charge is 0.381 e. The van der Waals surface area contributed by atoms with Gasteiger partial charge in [0.05, 0.1) is 11.4 Å². The predicted molar refractivity (Wildman–Crippen MR) is 141 cm³/mol. The van der Waals surface area contributed by atoms with E-state index in [4.69, 9.17) is 9.72 Å². The van der Waals surface area contributed by atoms with Crippen LogP contribution in [0.4, 0.5) is 11.4 Å². The summed E-state index contributed by atoms with van der Waals surface area (Å²) in [5.74, 6) is 0.798. The first-order valence-corrected chi connectivity index (χ1v) is 13.4. The maximum absolute atomic E-state index is 13.6. The molecular formula is C29H40N4O2. The Kier molecular flexibility index (Phi) is 7.40. The molecule has 35 heavy (non-hydrogen) atoms. The van der Waals surface area contributed by atoms with Crippen LogP contribution in [-0.4, -0.2) is 67.8 Å². The van der Waals surface area contributed by atoms with Gasteiger partial charge in [-0.05, 0) is 82.3 Å². The van der Waals surface area contributed by atoms with Crippen molar-refractivity contribution in [3.8, 4) is 0 Å². The molecule has 188 valence electrons. The minimum absolute atomic E-state index is 0.0186. The van der Waals surface area contributed by atoms with Crippen molar-refractivity contribution in [2.75, 3.05) is 49.7 Å². The Labute approximate surface area is 210 Å². The highest BCUT2D eigenvalue weighted by Gasteiger charge is 2.33. The zero-order valence-electron chi connectivity index (χ0n) is 21.5. The Bertz CT molecular complexity index is 992. The Morgan fingerprint density at radius 3 is 2.43 bits per heavy atom. The number of nitrogens with zero attached hydrogens (tertiary/aromatic N) is 4. The first-order chi connectivity index (χ1) is 17.0. The van der Waals surface area contributed by atoms with Crippen molar-refractivity contribution >= 4 is 17.3 Å². The van der Waals surface area contributed by atoms with Crippen molar-refractivity contribution in [2.24, 2.45) is 5.92 Å². The van der Waals surface area contributed by atoms with Gasteiger partial charge in [0, 0.05) is 69.2 Å². The number of hydrogen-bond donors (Lipinski definition) is 0. The van der Waals surface area contributed by atoms with Crippen LogP contribution in [0.5, 0.6) is 0 Å². The minimum atomic E-state index is -0.0186. The molecule has 2 aromatic rings. The van der Waals surface area contributed by atoms with Crippen LogP contribution in [0.3, 0.4) is 0 Å². The van der Waals surface area contributed by atoms with Gasteiger partial charge in [-0.15, -0.1) is 0 Å². The summed E-state index contributed by atoms with van der Waals surface area (Å²) in [6.45, 7) is 9.05. The minimum Gasteiger partial charge on any atom is -0.381 e. The van der Waals surface area contributed by atoms with E-state index in [2.05, 4.69) is 61.0 Å². The molecule has 2 unspecified atom stereocenters. The molecule has 1 aromatic carbocycles. The smallest absolute Gasteiger partial charge is 0.230 e. The summed E-state index contributed by atoms with van der Waals surface area (Å²) in [7, 11) is 2.21. The average molecular weight is 477 g/mol. The topological polar surface area (TPSA) is 48.9 Å². The van der Waals surface area contributed by atoms with Crippen molar-refractivity contribution in [3.63, 3.8) is 0 Å². The second kappa shape index (κ2) is 10.7. The summed E-state index contributed by atoms with van der Waals surface area (Å²) in [4.78, 5) is 25.3. The number of aromatic nitrogens is 1. The van der Waals surface area contributed by atoms with Crippen LogP contribution in [0.15, 0.2) is 42.6 Å². The summed E-state index contributed by atoms with van der Waals surface area (Å²) < 4.78 is 5.51. The lowest BCUT2D eigenvalue weighted by Gasteiger charge is -2.44. The van der Waals surface area contributed by atoms with E-state index in [0.717, 1.165) is 69.9 Å². The van der Waals surface area contributed by atoms with Crippen LogP contribution in [0, 0.1) is 5.92 Å². The van der Waals surface area contributed by atoms with E-state index in [1.165, 1.54) is 11.3 Å². The number of piperidine rings is 1. The zero-order chi connectivity index (χ0) is 24.4. The average Bonchev–Trinajstić information content (AvgIpc) is 2.89.